The van der Waals surface area contributed by atoms with Gasteiger partial charge in [0, 0.05) is 0 Å². The second kappa shape index (κ2) is 7.94. The van der Waals surface area contributed by atoms with E-state index in [0.29, 0.717) is 11.5 Å². The molecule has 25 heavy (non-hydrogen) atoms. The first-order valence-corrected chi connectivity index (χ1v) is 11.1. The molecule has 2 aromatic carbocycles. The molecule has 0 aliphatic rings. The van der Waals surface area contributed by atoms with Gasteiger partial charge in [-0.2, -0.15) is 0 Å². The highest BCUT2D eigenvalue weighted by Gasteiger charge is 2.12. The predicted octanol–water partition coefficient (Wildman–Crippen LogP) is 4.63. The van der Waals surface area contributed by atoms with Crippen LogP contribution in [-0.2, 0) is 0 Å². The predicted molar refractivity (Wildman–Crippen MR) is 105 cm³/mol. The van der Waals surface area contributed by atoms with Crippen LogP contribution in [-0.4, -0.2) is 32.5 Å². The highest BCUT2D eigenvalue weighted by molar-refractivity contribution is 6.87. The standard InChI is InChI=1S/C20H24O4Si/c1-23-19-7-5-15(13-17(19)21)9-11-25(3,4)12-10-16-6-8-20(24-2)18(22)14-16/h5-14,21-22H,1-4H3. The molecule has 5 heteroatoms. The van der Waals surface area contributed by atoms with Gasteiger partial charge in [-0.25, -0.2) is 0 Å². The number of hydrogen-bond donors (Lipinski definition) is 2. The first kappa shape index (κ1) is 18.7. The molecule has 0 unspecified atom stereocenters. The van der Waals surface area contributed by atoms with E-state index in [4.69, 9.17) is 9.47 Å². The van der Waals surface area contributed by atoms with Crippen molar-refractivity contribution in [3.05, 3.63) is 58.9 Å². The van der Waals surface area contributed by atoms with Crippen molar-refractivity contribution in [3.8, 4) is 23.0 Å². The second-order valence-corrected chi connectivity index (χ2v) is 10.7. The van der Waals surface area contributed by atoms with E-state index in [1.54, 1.807) is 24.3 Å². The molecule has 0 fully saturated rings. The maximum absolute atomic E-state index is 9.85. The van der Waals surface area contributed by atoms with Crippen LogP contribution in [0.5, 0.6) is 23.0 Å². The van der Waals surface area contributed by atoms with Crippen LogP contribution in [0.25, 0.3) is 12.2 Å². The van der Waals surface area contributed by atoms with Gasteiger partial charge in [0.15, 0.2) is 23.0 Å². The molecule has 2 N–H and O–H groups in total. The summed E-state index contributed by atoms with van der Waals surface area (Å²) in [5.74, 6) is 1.20. The van der Waals surface area contributed by atoms with E-state index < -0.39 is 8.07 Å². The Hall–Kier alpha value is -2.66. The number of benzene rings is 2. The fourth-order valence-corrected chi connectivity index (χ4v) is 3.65. The van der Waals surface area contributed by atoms with E-state index in [2.05, 4.69) is 24.5 Å². The van der Waals surface area contributed by atoms with E-state index >= 15 is 0 Å². The molecule has 132 valence electrons. The average molecular weight is 356 g/mol. The maximum Gasteiger partial charge on any atom is 0.160 e. The number of phenols is 2. The summed E-state index contributed by atoms with van der Waals surface area (Å²) in [5.41, 5.74) is 6.23. The third kappa shape index (κ3) is 5.16. The van der Waals surface area contributed by atoms with Crippen molar-refractivity contribution in [1.82, 2.24) is 0 Å². The summed E-state index contributed by atoms with van der Waals surface area (Å²) in [6.45, 7) is 4.43. The zero-order chi connectivity index (χ0) is 18.4. The molecule has 0 amide bonds. The van der Waals surface area contributed by atoms with Gasteiger partial charge in [0.25, 0.3) is 0 Å². The van der Waals surface area contributed by atoms with Crippen LogP contribution in [0.15, 0.2) is 47.8 Å². The van der Waals surface area contributed by atoms with Crippen LogP contribution in [0.1, 0.15) is 11.1 Å². The van der Waals surface area contributed by atoms with Crippen molar-refractivity contribution < 1.29 is 19.7 Å². The lowest BCUT2D eigenvalue weighted by atomic mass is 10.2. The van der Waals surface area contributed by atoms with E-state index in [-0.39, 0.29) is 11.5 Å². The SMILES string of the molecule is COc1ccc(C=C[Si](C)(C)C=Cc2ccc(OC)c(O)c2)cc1O. The number of methoxy groups -OCH3 is 2. The Morgan fingerprint density at radius 3 is 1.48 bits per heavy atom. The Kier molecular flexibility index (Phi) is 5.93. The van der Waals surface area contributed by atoms with Crippen LogP contribution in [0.4, 0.5) is 0 Å². The van der Waals surface area contributed by atoms with Gasteiger partial charge in [-0.05, 0) is 35.4 Å². The smallest absolute Gasteiger partial charge is 0.160 e. The summed E-state index contributed by atoms with van der Waals surface area (Å²) < 4.78 is 10.1. The summed E-state index contributed by atoms with van der Waals surface area (Å²) in [6, 6.07) is 10.7. The highest BCUT2D eigenvalue weighted by atomic mass is 28.3. The molecule has 0 aromatic heterocycles. The van der Waals surface area contributed by atoms with Crippen molar-refractivity contribution in [3.63, 3.8) is 0 Å². The lowest BCUT2D eigenvalue weighted by Crippen LogP contribution is -2.18. The summed E-state index contributed by atoms with van der Waals surface area (Å²) >= 11 is 0. The minimum Gasteiger partial charge on any atom is -0.504 e. The fourth-order valence-electron chi connectivity index (χ4n) is 2.30. The van der Waals surface area contributed by atoms with E-state index in [0.717, 1.165) is 11.1 Å². The van der Waals surface area contributed by atoms with Gasteiger partial charge in [0.2, 0.25) is 0 Å². The summed E-state index contributed by atoms with van der Waals surface area (Å²) in [5, 5.41) is 19.7. The molecule has 0 radical (unpaired) electrons. The summed E-state index contributed by atoms with van der Waals surface area (Å²) in [7, 11) is 1.33. The van der Waals surface area contributed by atoms with Crippen molar-refractivity contribution in [2.75, 3.05) is 14.2 Å². The molecular weight excluding hydrogens is 332 g/mol. The Balaban J connectivity index is 2.12. The quantitative estimate of drug-likeness (QED) is 0.741. The molecule has 0 spiro atoms. The first-order chi connectivity index (χ1) is 11.8. The molecule has 2 rings (SSSR count). The van der Waals surface area contributed by atoms with Gasteiger partial charge >= 0.3 is 0 Å². The third-order valence-electron chi connectivity index (χ3n) is 3.82. The Labute approximate surface area is 149 Å². The number of phenolic OH excluding ortho intramolecular Hbond substituents is 2. The summed E-state index contributed by atoms with van der Waals surface area (Å²) in [4.78, 5) is 0. The average Bonchev–Trinajstić information content (AvgIpc) is 2.59. The monoisotopic (exact) mass is 356 g/mol. The van der Waals surface area contributed by atoms with Crippen molar-refractivity contribution in [2.45, 2.75) is 13.1 Å². The van der Waals surface area contributed by atoms with Gasteiger partial charge < -0.3 is 19.7 Å². The second-order valence-electron chi connectivity index (χ2n) is 6.35. The molecule has 4 nitrogen and oxygen atoms in total. The lowest BCUT2D eigenvalue weighted by molar-refractivity contribution is 0.373. The lowest BCUT2D eigenvalue weighted by Gasteiger charge is -2.12. The topological polar surface area (TPSA) is 58.9 Å². The van der Waals surface area contributed by atoms with E-state index in [1.165, 1.54) is 14.2 Å². The van der Waals surface area contributed by atoms with Gasteiger partial charge in [-0.15, -0.1) is 0 Å². The van der Waals surface area contributed by atoms with Crippen LogP contribution < -0.4 is 9.47 Å². The maximum atomic E-state index is 9.85. The fraction of sp³-hybridized carbons (Fsp3) is 0.200. The molecule has 0 aliphatic heterocycles. The van der Waals surface area contributed by atoms with Crippen LogP contribution in [0.2, 0.25) is 13.1 Å². The first-order valence-electron chi connectivity index (χ1n) is 7.97. The minimum atomic E-state index is -1.73. The number of hydrogen-bond acceptors (Lipinski definition) is 4. The molecule has 0 saturated carbocycles. The molecule has 0 atom stereocenters. The number of ether oxygens (including phenoxy) is 2. The highest BCUT2D eigenvalue weighted by Crippen LogP contribution is 2.28. The Morgan fingerprint density at radius 1 is 0.760 bits per heavy atom. The molecule has 0 aliphatic carbocycles. The van der Waals surface area contributed by atoms with Gasteiger partial charge in [0.05, 0.1) is 22.3 Å². The van der Waals surface area contributed by atoms with Crippen molar-refractivity contribution >= 4 is 20.2 Å². The van der Waals surface area contributed by atoms with Gasteiger partial charge in [0.1, 0.15) is 0 Å². The largest absolute Gasteiger partial charge is 0.504 e. The number of aromatic hydroxyl groups is 2. The van der Waals surface area contributed by atoms with E-state index in [1.807, 2.05) is 24.3 Å². The van der Waals surface area contributed by atoms with Crippen LogP contribution in [0.3, 0.4) is 0 Å². The Morgan fingerprint density at radius 2 is 1.16 bits per heavy atom. The van der Waals surface area contributed by atoms with E-state index in [9.17, 15) is 10.2 Å². The van der Waals surface area contributed by atoms with Crippen LogP contribution >= 0.6 is 0 Å². The molecule has 2 aromatic rings. The van der Waals surface area contributed by atoms with Crippen LogP contribution in [0, 0.1) is 0 Å². The van der Waals surface area contributed by atoms with Gasteiger partial charge in [-0.3, -0.25) is 0 Å². The number of rotatable bonds is 6. The van der Waals surface area contributed by atoms with Crippen molar-refractivity contribution in [2.24, 2.45) is 0 Å². The normalized spacial score (nSPS) is 12.0. The zero-order valence-corrected chi connectivity index (χ0v) is 16.0. The molecule has 0 saturated heterocycles. The third-order valence-corrected chi connectivity index (χ3v) is 5.87. The minimum absolute atomic E-state index is 0.133. The van der Waals surface area contributed by atoms with Crippen molar-refractivity contribution in [1.29, 1.82) is 0 Å². The zero-order valence-electron chi connectivity index (χ0n) is 15.0. The van der Waals surface area contributed by atoms with Gasteiger partial charge in [-0.1, -0.05) is 48.8 Å². The molecule has 0 heterocycles. The molecular formula is C20H24O4Si. The Bertz CT molecular complexity index is 729. The molecule has 0 bridgehead atoms. The summed E-state index contributed by atoms with van der Waals surface area (Å²) in [6.07, 6.45) is 4.03.